The second kappa shape index (κ2) is 7.38. The van der Waals surface area contributed by atoms with Gasteiger partial charge < -0.3 is 0 Å². The zero-order chi connectivity index (χ0) is 18.9. The molecule has 0 spiro atoms. The first-order valence-electron chi connectivity index (χ1n) is 8.64. The van der Waals surface area contributed by atoms with Gasteiger partial charge in [0.2, 0.25) is 10.0 Å². The third kappa shape index (κ3) is 4.03. The van der Waals surface area contributed by atoms with Crippen LogP contribution in [-0.4, -0.2) is 29.2 Å². The molecule has 0 aliphatic carbocycles. The topological polar surface area (TPSA) is 63.2 Å². The number of fused-ring (bicyclic) bond motifs is 1. The molecule has 0 N–H and O–H groups in total. The fourth-order valence-corrected chi connectivity index (χ4v) is 4.77. The highest BCUT2D eigenvalue weighted by molar-refractivity contribution is 7.88. The molecule has 0 atom stereocenters. The first-order valence-corrected chi connectivity index (χ1v) is 10.6. The van der Waals surface area contributed by atoms with E-state index >= 15 is 0 Å². The van der Waals surface area contributed by atoms with E-state index in [1.165, 1.54) is 4.31 Å². The first kappa shape index (κ1) is 18.1. The lowest BCUT2D eigenvalue weighted by Gasteiger charge is -2.27. The molecule has 4 rings (SSSR count). The number of rotatable bonds is 4. The van der Waals surface area contributed by atoms with Gasteiger partial charge in [-0.15, -0.1) is 0 Å². The Kier molecular flexibility index (Phi) is 4.95. The normalized spacial score (nSPS) is 14.7. The fraction of sp³-hybridized carbons (Fsp3) is 0.200. The second-order valence-corrected chi connectivity index (χ2v) is 8.90. The van der Waals surface area contributed by atoms with Crippen LogP contribution in [0.1, 0.15) is 16.8 Å². The smallest absolute Gasteiger partial charge is 0.218 e. The predicted molar refractivity (Wildman–Crippen MR) is 106 cm³/mol. The number of hydrogen-bond donors (Lipinski definition) is 0. The molecule has 0 saturated carbocycles. The Morgan fingerprint density at radius 3 is 2.52 bits per heavy atom. The van der Waals surface area contributed by atoms with E-state index in [2.05, 4.69) is 9.97 Å². The molecule has 1 aliphatic heterocycles. The molecule has 1 aliphatic rings. The molecule has 3 aromatic rings. The van der Waals surface area contributed by atoms with Crippen LogP contribution in [0.3, 0.4) is 0 Å². The molecule has 0 amide bonds. The maximum absolute atomic E-state index is 12.8. The number of sulfonamides is 1. The minimum atomic E-state index is -3.38. The van der Waals surface area contributed by atoms with Gasteiger partial charge in [0.15, 0.2) is 5.82 Å². The summed E-state index contributed by atoms with van der Waals surface area (Å²) in [6.07, 6.45) is 2.31. The molecule has 0 saturated heterocycles. The lowest BCUT2D eigenvalue weighted by Crippen LogP contribution is -2.37. The molecule has 138 valence electrons. The molecule has 2 aromatic carbocycles. The summed E-state index contributed by atoms with van der Waals surface area (Å²) in [6, 6.07) is 16.6. The van der Waals surface area contributed by atoms with Crippen LogP contribution in [0, 0.1) is 0 Å². The summed E-state index contributed by atoms with van der Waals surface area (Å²) in [5.41, 5.74) is 3.44. The van der Waals surface area contributed by atoms with Crippen molar-refractivity contribution in [3.05, 3.63) is 82.6 Å². The highest BCUT2D eigenvalue weighted by atomic mass is 35.5. The number of hydrogen-bond acceptors (Lipinski definition) is 4. The number of halogens is 1. The van der Waals surface area contributed by atoms with Crippen LogP contribution >= 0.6 is 11.6 Å². The van der Waals surface area contributed by atoms with E-state index in [1.807, 2.05) is 42.5 Å². The Morgan fingerprint density at radius 1 is 1.04 bits per heavy atom. The summed E-state index contributed by atoms with van der Waals surface area (Å²) in [7, 11) is -3.38. The van der Waals surface area contributed by atoms with Gasteiger partial charge in [0.1, 0.15) is 0 Å². The van der Waals surface area contributed by atoms with Crippen LogP contribution in [0.5, 0.6) is 0 Å². The molecule has 1 aromatic heterocycles. The number of benzene rings is 2. The SMILES string of the molecule is O=S(=O)(Cc1ccccc1)N1CCc2nc(-c3ccc(Cl)cc3)ncc2C1. The zero-order valence-electron chi connectivity index (χ0n) is 14.5. The Bertz CT molecular complexity index is 1050. The van der Waals surface area contributed by atoms with E-state index < -0.39 is 10.0 Å². The van der Waals surface area contributed by atoms with Gasteiger partial charge in [0.05, 0.1) is 11.4 Å². The van der Waals surface area contributed by atoms with Crippen molar-refractivity contribution in [2.24, 2.45) is 0 Å². The second-order valence-electron chi connectivity index (χ2n) is 6.50. The molecule has 0 bridgehead atoms. The van der Waals surface area contributed by atoms with E-state index in [-0.39, 0.29) is 5.75 Å². The molecule has 27 heavy (non-hydrogen) atoms. The van der Waals surface area contributed by atoms with Crippen molar-refractivity contribution in [2.45, 2.75) is 18.7 Å². The summed E-state index contributed by atoms with van der Waals surface area (Å²) >= 11 is 5.93. The van der Waals surface area contributed by atoms with Crippen molar-refractivity contribution in [1.82, 2.24) is 14.3 Å². The van der Waals surface area contributed by atoms with Crippen LogP contribution < -0.4 is 0 Å². The van der Waals surface area contributed by atoms with Gasteiger partial charge in [0, 0.05) is 41.9 Å². The van der Waals surface area contributed by atoms with Crippen molar-refractivity contribution < 1.29 is 8.42 Å². The maximum atomic E-state index is 12.8. The number of nitrogens with zero attached hydrogens (tertiary/aromatic N) is 3. The van der Waals surface area contributed by atoms with Gasteiger partial charge in [-0.1, -0.05) is 41.9 Å². The van der Waals surface area contributed by atoms with Crippen LogP contribution in [0.4, 0.5) is 0 Å². The summed E-state index contributed by atoms with van der Waals surface area (Å²) in [4.78, 5) is 9.05. The van der Waals surface area contributed by atoms with Gasteiger partial charge in [-0.2, -0.15) is 4.31 Å². The standard InChI is InChI=1S/C20H18ClN3O2S/c21-18-8-6-16(7-9-18)20-22-12-17-13-24(11-10-19(17)23-20)27(25,26)14-15-4-2-1-3-5-15/h1-9,12H,10-11,13-14H2. The lowest BCUT2D eigenvalue weighted by molar-refractivity contribution is 0.386. The Morgan fingerprint density at radius 2 is 1.78 bits per heavy atom. The lowest BCUT2D eigenvalue weighted by atomic mass is 10.1. The van der Waals surface area contributed by atoms with Crippen molar-refractivity contribution in [1.29, 1.82) is 0 Å². The molecular weight excluding hydrogens is 382 g/mol. The minimum Gasteiger partial charge on any atom is -0.236 e. The predicted octanol–water partition coefficient (Wildman–Crippen LogP) is 3.69. The quantitative estimate of drug-likeness (QED) is 0.671. The molecule has 2 heterocycles. The average Bonchev–Trinajstić information content (AvgIpc) is 2.68. The van der Waals surface area contributed by atoms with Crippen molar-refractivity contribution in [2.75, 3.05) is 6.54 Å². The number of aromatic nitrogens is 2. The summed E-state index contributed by atoms with van der Waals surface area (Å²) < 4.78 is 27.0. The van der Waals surface area contributed by atoms with Crippen LogP contribution in [-0.2, 0) is 28.7 Å². The summed E-state index contributed by atoms with van der Waals surface area (Å²) in [5, 5.41) is 0.663. The molecule has 5 nitrogen and oxygen atoms in total. The van der Waals surface area contributed by atoms with Crippen molar-refractivity contribution in [3.8, 4) is 11.4 Å². The van der Waals surface area contributed by atoms with Gasteiger partial charge in [0.25, 0.3) is 0 Å². The van der Waals surface area contributed by atoms with E-state index in [4.69, 9.17) is 11.6 Å². The van der Waals surface area contributed by atoms with E-state index in [1.54, 1.807) is 18.3 Å². The van der Waals surface area contributed by atoms with Crippen LogP contribution in [0.25, 0.3) is 11.4 Å². The highest BCUT2D eigenvalue weighted by Crippen LogP contribution is 2.24. The third-order valence-electron chi connectivity index (χ3n) is 4.59. The van der Waals surface area contributed by atoms with E-state index in [9.17, 15) is 8.42 Å². The van der Waals surface area contributed by atoms with E-state index in [0.717, 1.165) is 22.4 Å². The maximum Gasteiger partial charge on any atom is 0.218 e. The Balaban J connectivity index is 1.54. The van der Waals surface area contributed by atoms with Crippen molar-refractivity contribution >= 4 is 21.6 Å². The average molecular weight is 400 g/mol. The van der Waals surface area contributed by atoms with Gasteiger partial charge >= 0.3 is 0 Å². The van der Waals surface area contributed by atoms with Gasteiger partial charge in [-0.3, -0.25) is 0 Å². The summed E-state index contributed by atoms with van der Waals surface area (Å²) in [6.45, 7) is 0.741. The third-order valence-corrected chi connectivity index (χ3v) is 6.64. The largest absolute Gasteiger partial charge is 0.236 e. The molecule has 0 radical (unpaired) electrons. The molecular formula is C20H18ClN3O2S. The minimum absolute atomic E-state index is 0.00683. The molecule has 0 fully saturated rings. The van der Waals surface area contributed by atoms with Gasteiger partial charge in [-0.05, 0) is 29.8 Å². The van der Waals surface area contributed by atoms with E-state index in [0.29, 0.717) is 30.4 Å². The fourth-order valence-electron chi connectivity index (χ4n) is 3.14. The molecule has 0 unspecified atom stereocenters. The highest BCUT2D eigenvalue weighted by Gasteiger charge is 2.28. The van der Waals surface area contributed by atoms with Gasteiger partial charge in [-0.25, -0.2) is 18.4 Å². The molecule has 7 heteroatoms. The summed E-state index contributed by atoms with van der Waals surface area (Å²) in [5.74, 6) is 0.637. The van der Waals surface area contributed by atoms with Crippen LogP contribution in [0.15, 0.2) is 60.8 Å². The monoisotopic (exact) mass is 399 g/mol. The zero-order valence-corrected chi connectivity index (χ0v) is 16.1. The van der Waals surface area contributed by atoms with Crippen LogP contribution in [0.2, 0.25) is 5.02 Å². The van der Waals surface area contributed by atoms with Crippen molar-refractivity contribution in [3.63, 3.8) is 0 Å². The first-order chi connectivity index (χ1) is 13.0. The Labute approximate surface area is 163 Å². The Hall–Kier alpha value is -2.28.